The molecule has 3 rings (SSSR count). The molecule has 2 N–H and O–H groups in total. The number of nitrogens with zero attached hydrogens (tertiary/aromatic N) is 1. The number of hydrogen-bond donors (Lipinski definition) is 2. The van der Waals surface area contributed by atoms with E-state index in [9.17, 15) is 14.9 Å². The molecule has 0 saturated heterocycles. The number of carbonyl (C=O) groups is 1. The lowest BCUT2D eigenvalue weighted by molar-refractivity contribution is -0.384. The Hall–Kier alpha value is -3.67. The fourth-order valence-corrected chi connectivity index (χ4v) is 2.67. The molecule has 0 aliphatic carbocycles. The van der Waals surface area contributed by atoms with Crippen molar-refractivity contribution < 1.29 is 9.72 Å². The SMILES string of the molecule is Cc1ccccc1NC(=O)c1ccc(NCc2ccccc2)c([N+](=O)[O-])c1. The summed E-state index contributed by atoms with van der Waals surface area (Å²) in [4.78, 5) is 23.4. The average molecular weight is 361 g/mol. The van der Waals surface area contributed by atoms with Gasteiger partial charge >= 0.3 is 0 Å². The molecule has 0 unspecified atom stereocenters. The summed E-state index contributed by atoms with van der Waals surface area (Å²) < 4.78 is 0. The van der Waals surface area contributed by atoms with Gasteiger partial charge in [0.2, 0.25) is 0 Å². The Morgan fingerprint density at radius 2 is 1.67 bits per heavy atom. The summed E-state index contributed by atoms with van der Waals surface area (Å²) in [5, 5.41) is 17.3. The van der Waals surface area contributed by atoms with Crippen LogP contribution in [0.3, 0.4) is 0 Å². The molecule has 0 aliphatic heterocycles. The monoisotopic (exact) mass is 361 g/mol. The third kappa shape index (κ3) is 4.49. The first-order valence-electron chi connectivity index (χ1n) is 8.48. The van der Waals surface area contributed by atoms with E-state index in [1.807, 2.05) is 55.5 Å². The minimum absolute atomic E-state index is 0.136. The number of nitro groups is 1. The number of anilines is 2. The van der Waals surface area contributed by atoms with E-state index in [1.54, 1.807) is 18.2 Å². The lowest BCUT2D eigenvalue weighted by Gasteiger charge is -2.10. The van der Waals surface area contributed by atoms with Crippen molar-refractivity contribution >= 4 is 23.0 Å². The van der Waals surface area contributed by atoms with Crippen molar-refractivity contribution in [2.75, 3.05) is 10.6 Å². The smallest absolute Gasteiger partial charge is 0.293 e. The molecular weight excluding hydrogens is 342 g/mol. The van der Waals surface area contributed by atoms with Crippen molar-refractivity contribution in [2.45, 2.75) is 13.5 Å². The molecule has 0 fully saturated rings. The van der Waals surface area contributed by atoms with Crippen LogP contribution in [-0.2, 0) is 6.54 Å². The minimum Gasteiger partial charge on any atom is -0.375 e. The maximum absolute atomic E-state index is 12.5. The zero-order valence-corrected chi connectivity index (χ0v) is 14.8. The average Bonchev–Trinajstić information content (AvgIpc) is 2.68. The van der Waals surface area contributed by atoms with E-state index in [2.05, 4.69) is 10.6 Å². The molecule has 0 aromatic heterocycles. The largest absolute Gasteiger partial charge is 0.375 e. The lowest BCUT2D eigenvalue weighted by atomic mass is 10.1. The molecule has 3 aromatic carbocycles. The van der Waals surface area contributed by atoms with Crippen molar-refractivity contribution in [3.05, 3.63) is 99.6 Å². The fraction of sp³-hybridized carbons (Fsp3) is 0.0952. The Labute approximate surface area is 157 Å². The van der Waals surface area contributed by atoms with E-state index in [4.69, 9.17) is 0 Å². The van der Waals surface area contributed by atoms with Crippen molar-refractivity contribution in [3.8, 4) is 0 Å². The zero-order valence-electron chi connectivity index (χ0n) is 14.8. The van der Waals surface area contributed by atoms with E-state index in [1.165, 1.54) is 6.07 Å². The van der Waals surface area contributed by atoms with E-state index in [-0.39, 0.29) is 17.2 Å². The molecular formula is C21H19N3O3. The van der Waals surface area contributed by atoms with Gasteiger partial charge in [0.25, 0.3) is 11.6 Å². The highest BCUT2D eigenvalue weighted by Crippen LogP contribution is 2.27. The summed E-state index contributed by atoms with van der Waals surface area (Å²) in [6, 6.07) is 21.4. The molecule has 0 heterocycles. The molecule has 6 nitrogen and oxygen atoms in total. The molecule has 0 saturated carbocycles. The molecule has 136 valence electrons. The Bertz CT molecular complexity index is 971. The van der Waals surface area contributed by atoms with Crippen LogP contribution < -0.4 is 10.6 Å². The second-order valence-electron chi connectivity index (χ2n) is 6.10. The second-order valence-corrected chi connectivity index (χ2v) is 6.10. The summed E-state index contributed by atoms with van der Waals surface area (Å²) in [5.74, 6) is -0.387. The number of rotatable bonds is 6. The highest BCUT2D eigenvalue weighted by Gasteiger charge is 2.18. The lowest BCUT2D eigenvalue weighted by Crippen LogP contribution is -2.13. The number of aryl methyl sites for hydroxylation is 1. The van der Waals surface area contributed by atoms with Crippen molar-refractivity contribution in [1.29, 1.82) is 0 Å². The van der Waals surface area contributed by atoms with Gasteiger partial charge in [0.05, 0.1) is 4.92 Å². The number of benzene rings is 3. The fourth-order valence-electron chi connectivity index (χ4n) is 2.67. The topological polar surface area (TPSA) is 84.3 Å². The minimum atomic E-state index is -0.488. The zero-order chi connectivity index (χ0) is 19.2. The highest BCUT2D eigenvalue weighted by molar-refractivity contribution is 6.05. The van der Waals surface area contributed by atoms with Gasteiger partial charge in [-0.25, -0.2) is 0 Å². The quantitative estimate of drug-likeness (QED) is 0.489. The number of carbonyl (C=O) groups excluding carboxylic acids is 1. The summed E-state index contributed by atoms with van der Waals surface area (Å²) in [6.45, 7) is 2.34. The van der Waals surface area contributed by atoms with Gasteiger partial charge in [-0.05, 0) is 36.2 Å². The summed E-state index contributed by atoms with van der Waals surface area (Å²) in [5.41, 5.74) is 3.07. The van der Waals surface area contributed by atoms with E-state index in [0.29, 0.717) is 17.9 Å². The molecule has 6 heteroatoms. The van der Waals surface area contributed by atoms with Crippen LogP contribution in [0, 0.1) is 17.0 Å². The summed E-state index contributed by atoms with van der Waals surface area (Å²) >= 11 is 0. The van der Waals surface area contributed by atoms with Gasteiger partial charge in [-0.1, -0.05) is 48.5 Å². The highest BCUT2D eigenvalue weighted by atomic mass is 16.6. The summed E-state index contributed by atoms with van der Waals surface area (Å²) in [6.07, 6.45) is 0. The number of para-hydroxylation sites is 1. The van der Waals surface area contributed by atoms with Gasteiger partial charge in [-0.3, -0.25) is 14.9 Å². The maximum atomic E-state index is 12.5. The third-order valence-electron chi connectivity index (χ3n) is 4.18. The number of nitrogens with one attached hydrogen (secondary N) is 2. The second kappa shape index (κ2) is 8.14. The van der Waals surface area contributed by atoms with Crippen LogP contribution in [0.5, 0.6) is 0 Å². The first kappa shape index (κ1) is 18.1. The van der Waals surface area contributed by atoms with Crippen LogP contribution >= 0.6 is 0 Å². The van der Waals surface area contributed by atoms with Crippen LogP contribution in [0.2, 0.25) is 0 Å². The van der Waals surface area contributed by atoms with Crippen LogP contribution in [-0.4, -0.2) is 10.8 Å². The number of hydrogen-bond acceptors (Lipinski definition) is 4. The van der Waals surface area contributed by atoms with Gasteiger partial charge in [-0.15, -0.1) is 0 Å². The predicted molar refractivity (Wildman–Crippen MR) is 106 cm³/mol. The van der Waals surface area contributed by atoms with Crippen LogP contribution in [0.1, 0.15) is 21.5 Å². The first-order chi connectivity index (χ1) is 13.0. The number of nitro benzene ring substituents is 1. The van der Waals surface area contributed by atoms with Gasteiger partial charge < -0.3 is 10.6 Å². The van der Waals surface area contributed by atoms with Crippen molar-refractivity contribution in [2.24, 2.45) is 0 Å². The van der Waals surface area contributed by atoms with Gasteiger partial charge in [0.15, 0.2) is 0 Å². The molecule has 1 amide bonds. The van der Waals surface area contributed by atoms with E-state index in [0.717, 1.165) is 11.1 Å². The Morgan fingerprint density at radius 3 is 2.37 bits per heavy atom. The maximum Gasteiger partial charge on any atom is 0.293 e. The van der Waals surface area contributed by atoms with Crippen LogP contribution in [0.4, 0.5) is 17.1 Å². The van der Waals surface area contributed by atoms with Crippen molar-refractivity contribution in [3.63, 3.8) is 0 Å². The Morgan fingerprint density at radius 1 is 0.963 bits per heavy atom. The van der Waals surface area contributed by atoms with Gasteiger partial charge in [0, 0.05) is 23.9 Å². The molecule has 0 bridgehead atoms. The Balaban J connectivity index is 1.79. The third-order valence-corrected chi connectivity index (χ3v) is 4.18. The van der Waals surface area contributed by atoms with Gasteiger partial charge in [-0.2, -0.15) is 0 Å². The molecule has 0 radical (unpaired) electrons. The van der Waals surface area contributed by atoms with Crippen molar-refractivity contribution in [1.82, 2.24) is 0 Å². The standard InChI is InChI=1S/C21H19N3O3/c1-15-7-5-6-10-18(15)23-21(25)17-11-12-19(20(13-17)24(26)27)22-14-16-8-3-2-4-9-16/h2-13,22H,14H2,1H3,(H,23,25). The molecule has 27 heavy (non-hydrogen) atoms. The van der Waals surface area contributed by atoms with Crippen LogP contribution in [0.15, 0.2) is 72.8 Å². The summed E-state index contributed by atoms with van der Waals surface area (Å²) in [7, 11) is 0. The van der Waals surface area contributed by atoms with Crippen LogP contribution in [0.25, 0.3) is 0 Å². The predicted octanol–water partition coefficient (Wildman–Crippen LogP) is 4.77. The first-order valence-corrected chi connectivity index (χ1v) is 8.48. The molecule has 0 spiro atoms. The van der Waals surface area contributed by atoms with E-state index >= 15 is 0 Å². The molecule has 0 aliphatic rings. The normalized spacial score (nSPS) is 10.3. The van der Waals surface area contributed by atoms with E-state index < -0.39 is 4.92 Å². The number of amides is 1. The molecule has 0 atom stereocenters. The molecule has 3 aromatic rings. The Kier molecular flexibility index (Phi) is 5.47. The van der Waals surface area contributed by atoms with Gasteiger partial charge in [0.1, 0.15) is 5.69 Å².